The van der Waals surface area contributed by atoms with Crippen molar-refractivity contribution in [2.45, 2.75) is 31.7 Å². The van der Waals surface area contributed by atoms with Gasteiger partial charge in [-0.25, -0.2) is 4.39 Å². The van der Waals surface area contributed by atoms with Gasteiger partial charge in [0.2, 0.25) is 0 Å². The second-order valence-corrected chi connectivity index (χ2v) is 5.62. The minimum absolute atomic E-state index is 0.326. The number of hydrogen-bond donors (Lipinski definition) is 1. The lowest BCUT2D eigenvalue weighted by atomic mass is 10.2. The molecule has 0 atom stereocenters. The van der Waals surface area contributed by atoms with Crippen molar-refractivity contribution in [1.82, 2.24) is 19.8 Å². The molecule has 0 spiro atoms. The van der Waals surface area contributed by atoms with Crippen LogP contribution in [0.4, 0.5) is 10.2 Å². The minimum Gasteiger partial charge on any atom is -0.366 e. The Morgan fingerprint density at radius 3 is 2.68 bits per heavy atom. The van der Waals surface area contributed by atoms with Gasteiger partial charge >= 0.3 is 0 Å². The Labute approximate surface area is 127 Å². The summed E-state index contributed by atoms with van der Waals surface area (Å²) in [4.78, 5) is 0. The predicted octanol–water partition coefficient (Wildman–Crippen LogP) is 3.28. The van der Waals surface area contributed by atoms with Gasteiger partial charge in [-0.3, -0.25) is 0 Å². The number of hydrogen-bond acceptors (Lipinski definition) is 4. The number of anilines is 1. The van der Waals surface area contributed by atoms with E-state index in [4.69, 9.17) is 0 Å². The normalized spacial score (nSPS) is 15.5. The molecule has 0 aliphatic heterocycles. The molecule has 1 aliphatic rings. The summed E-state index contributed by atoms with van der Waals surface area (Å²) in [6.07, 6.45) is 4.85. The van der Waals surface area contributed by atoms with E-state index in [0.717, 1.165) is 5.82 Å². The molecule has 1 saturated carbocycles. The maximum atomic E-state index is 14.0. The van der Waals surface area contributed by atoms with Crippen LogP contribution in [0.3, 0.4) is 0 Å². The Kier molecular flexibility index (Phi) is 3.21. The van der Waals surface area contributed by atoms with Gasteiger partial charge in [-0.15, -0.1) is 15.3 Å². The first-order valence-corrected chi connectivity index (χ1v) is 7.55. The van der Waals surface area contributed by atoms with Gasteiger partial charge in [-0.1, -0.05) is 25.0 Å². The van der Waals surface area contributed by atoms with Crippen LogP contribution in [-0.4, -0.2) is 25.9 Å². The van der Waals surface area contributed by atoms with Gasteiger partial charge in [0, 0.05) is 6.04 Å². The Balaban J connectivity index is 1.75. The van der Waals surface area contributed by atoms with E-state index < -0.39 is 0 Å². The van der Waals surface area contributed by atoms with Crippen molar-refractivity contribution < 1.29 is 4.39 Å². The number of aromatic nitrogens is 4. The summed E-state index contributed by atoms with van der Waals surface area (Å²) in [5.41, 5.74) is 1.01. The molecule has 3 aromatic rings. The molecule has 0 bridgehead atoms. The highest BCUT2D eigenvalue weighted by atomic mass is 19.1. The molecule has 22 heavy (non-hydrogen) atoms. The molecule has 112 valence electrons. The lowest BCUT2D eigenvalue weighted by Gasteiger charge is -2.12. The van der Waals surface area contributed by atoms with E-state index in [1.165, 1.54) is 31.7 Å². The monoisotopic (exact) mass is 297 g/mol. The second kappa shape index (κ2) is 5.36. The van der Waals surface area contributed by atoms with Gasteiger partial charge in [-0.05, 0) is 37.1 Å². The number of benzene rings is 1. The van der Waals surface area contributed by atoms with Crippen molar-refractivity contribution in [2.75, 3.05) is 5.32 Å². The van der Waals surface area contributed by atoms with Crippen molar-refractivity contribution in [1.29, 1.82) is 0 Å². The van der Waals surface area contributed by atoms with Gasteiger partial charge in [-0.2, -0.15) is 4.52 Å². The van der Waals surface area contributed by atoms with E-state index in [1.807, 2.05) is 12.1 Å². The van der Waals surface area contributed by atoms with E-state index in [9.17, 15) is 4.39 Å². The van der Waals surface area contributed by atoms with Crippen molar-refractivity contribution in [3.8, 4) is 11.4 Å². The zero-order valence-electron chi connectivity index (χ0n) is 12.0. The zero-order valence-corrected chi connectivity index (χ0v) is 12.0. The molecule has 4 rings (SSSR count). The fourth-order valence-corrected chi connectivity index (χ4v) is 2.96. The number of rotatable bonds is 3. The smallest absolute Gasteiger partial charge is 0.188 e. The molecule has 6 heteroatoms. The Morgan fingerprint density at radius 1 is 1.05 bits per heavy atom. The van der Waals surface area contributed by atoms with Gasteiger partial charge in [0.25, 0.3) is 0 Å². The van der Waals surface area contributed by atoms with Gasteiger partial charge in [0.1, 0.15) is 11.6 Å². The quantitative estimate of drug-likeness (QED) is 0.806. The summed E-state index contributed by atoms with van der Waals surface area (Å²) in [7, 11) is 0. The van der Waals surface area contributed by atoms with Crippen LogP contribution >= 0.6 is 0 Å². The van der Waals surface area contributed by atoms with Crippen LogP contribution in [-0.2, 0) is 0 Å². The third-order valence-corrected chi connectivity index (χ3v) is 4.08. The largest absolute Gasteiger partial charge is 0.366 e. The fourth-order valence-electron chi connectivity index (χ4n) is 2.96. The van der Waals surface area contributed by atoms with Crippen LogP contribution in [0.1, 0.15) is 25.7 Å². The molecule has 5 nitrogen and oxygen atoms in total. The maximum Gasteiger partial charge on any atom is 0.188 e. The SMILES string of the molecule is Fc1ccccc1-c1nnc2ccc(NC3CCCC3)nn12. The van der Waals surface area contributed by atoms with E-state index in [2.05, 4.69) is 20.6 Å². The van der Waals surface area contributed by atoms with E-state index in [-0.39, 0.29) is 5.82 Å². The number of halogens is 1. The topological polar surface area (TPSA) is 55.1 Å². The van der Waals surface area contributed by atoms with Crippen LogP contribution in [0.25, 0.3) is 17.0 Å². The van der Waals surface area contributed by atoms with E-state index in [1.54, 1.807) is 22.7 Å². The van der Waals surface area contributed by atoms with Crippen LogP contribution in [0, 0.1) is 5.82 Å². The van der Waals surface area contributed by atoms with Gasteiger partial charge in [0.05, 0.1) is 5.56 Å². The predicted molar refractivity (Wildman–Crippen MR) is 82.1 cm³/mol. The third kappa shape index (κ3) is 2.30. The second-order valence-electron chi connectivity index (χ2n) is 5.62. The number of nitrogens with one attached hydrogen (secondary N) is 1. The first-order valence-electron chi connectivity index (χ1n) is 7.55. The average molecular weight is 297 g/mol. The molecular weight excluding hydrogens is 281 g/mol. The fraction of sp³-hybridized carbons (Fsp3) is 0.312. The summed E-state index contributed by atoms with van der Waals surface area (Å²) >= 11 is 0. The summed E-state index contributed by atoms with van der Waals surface area (Å²) < 4.78 is 15.6. The summed E-state index contributed by atoms with van der Waals surface area (Å²) in [5, 5.41) is 16.1. The van der Waals surface area contributed by atoms with Crippen LogP contribution in [0.5, 0.6) is 0 Å². The van der Waals surface area contributed by atoms with Crippen LogP contribution < -0.4 is 5.32 Å². The molecule has 1 N–H and O–H groups in total. The molecule has 1 aliphatic carbocycles. The van der Waals surface area contributed by atoms with Gasteiger partial charge < -0.3 is 5.32 Å². The van der Waals surface area contributed by atoms with E-state index in [0.29, 0.717) is 23.1 Å². The summed E-state index contributed by atoms with van der Waals surface area (Å²) in [6.45, 7) is 0. The highest BCUT2D eigenvalue weighted by molar-refractivity contribution is 5.60. The maximum absolute atomic E-state index is 14.0. The minimum atomic E-state index is -0.326. The van der Waals surface area contributed by atoms with Crippen LogP contribution in [0.2, 0.25) is 0 Å². The molecule has 0 amide bonds. The zero-order chi connectivity index (χ0) is 14.9. The van der Waals surface area contributed by atoms with Crippen molar-refractivity contribution >= 4 is 11.5 Å². The molecular formula is C16H16FN5. The molecule has 0 unspecified atom stereocenters. The Morgan fingerprint density at radius 2 is 1.86 bits per heavy atom. The summed E-state index contributed by atoms with van der Waals surface area (Å²) in [6, 6.07) is 10.7. The molecule has 2 heterocycles. The molecule has 0 radical (unpaired) electrons. The Hall–Kier alpha value is -2.50. The van der Waals surface area contributed by atoms with Crippen LogP contribution in [0.15, 0.2) is 36.4 Å². The van der Waals surface area contributed by atoms with E-state index >= 15 is 0 Å². The lowest BCUT2D eigenvalue weighted by molar-refractivity contribution is 0.629. The third-order valence-electron chi connectivity index (χ3n) is 4.08. The first kappa shape index (κ1) is 13.2. The molecule has 2 aromatic heterocycles. The Bertz CT molecular complexity index is 807. The first-order chi connectivity index (χ1) is 10.8. The van der Waals surface area contributed by atoms with Gasteiger partial charge in [0.15, 0.2) is 11.5 Å². The number of nitrogens with zero attached hydrogens (tertiary/aromatic N) is 4. The number of fused-ring (bicyclic) bond motifs is 1. The van der Waals surface area contributed by atoms with Crippen molar-refractivity contribution in [2.24, 2.45) is 0 Å². The molecule has 1 fully saturated rings. The van der Waals surface area contributed by atoms with Crippen molar-refractivity contribution in [3.05, 3.63) is 42.2 Å². The molecule has 0 saturated heterocycles. The molecule has 1 aromatic carbocycles. The highest BCUT2D eigenvalue weighted by Crippen LogP contribution is 2.23. The average Bonchev–Trinajstić information content (AvgIpc) is 3.17. The highest BCUT2D eigenvalue weighted by Gasteiger charge is 2.17. The summed E-state index contributed by atoms with van der Waals surface area (Å²) in [5.74, 6) is 0.868. The standard InChI is InChI=1S/C16H16FN5/c17-13-8-4-3-7-12(13)16-20-19-15-10-9-14(21-22(15)16)18-11-5-1-2-6-11/h3-4,7-11H,1-2,5-6H2,(H,18,21). The lowest BCUT2D eigenvalue weighted by Crippen LogP contribution is -2.16. The van der Waals surface area contributed by atoms with Crippen molar-refractivity contribution in [3.63, 3.8) is 0 Å².